The van der Waals surface area contributed by atoms with Crippen molar-refractivity contribution >= 4 is 44.5 Å². The molecule has 1 aromatic heterocycles. The highest BCUT2D eigenvalue weighted by Gasteiger charge is 2.24. The Labute approximate surface area is 138 Å². The van der Waals surface area contributed by atoms with Gasteiger partial charge in [0.25, 0.3) is 0 Å². The van der Waals surface area contributed by atoms with Gasteiger partial charge in [-0.25, -0.2) is 4.98 Å². The molecule has 0 aliphatic heterocycles. The monoisotopic (exact) mass is 371 g/mol. The van der Waals surface area contributed by atoms with Crippen LogP contribution < -0.4 is 0 Å². The third kappa shape index (κ3) is 3.09. The van der Waals surface area contributed by atoms with Crippen molar-refractivity contribution in [1.29, 1.82) is 0 Å². The van der Waals surface area contributed by atoms with Crippen molar-refractivity contribution in [3.63, 3.8) is 0 Å². The molecule has 1 atom stereocenters. The quantitative estimate of drug-likeness (QED) is 0.745. The molecule has 1 aromatic carbocycles. The first kappa shape index (κ1) is 16.3. The Morgan fingerprint density at radius 1 is 1.43 bits per heavy atom. The van der Waals surface area contributed by atoms with Crippen LogP contribution in [0, 0.1) is 0 Å². The molecule has 4 nitrogen and oxygen atoms in total. The van der Waals surface area contributed by atoms with Crippen LogP contribution in [0.4, 0.5) is 0 Å². The van der Waals surface area contributed by atoms with Crippen molar-refractivity contribution in [3.8, 4) is 0 Å². The second-order valence-corrected chi connectivity index (χ2v) is 6.03. The molecule has 0 fully saturated rings. The number of alkyl halides is 1. The SMILES string of the molecule is CCN(CC)C(=O)C(C)n1c(CCl)nc2ccc(Br)cc21. The van der Waals surface area contributed by atoms with Crippen molar-refractivity contribution in [2.75, 3.05) is 13.1 Å². The van der Waals surface area contributed by atoms with Crippen LogP contribution in [-0.4, -0.2) is 33.4 Å². The van der Waals surface area contributed by atoms with Gasteiger partial charge in [-0.05, 0) is 39.0 Å². The second-order valence-electron chi connectivity index (χ2n) is 4.85. The fourth-order valence-electron chi connectivity index (χ4n) is 2.55. The number of hydrogen-bond donors (Lipinski definition) is 0. The minimum Gasteiger partial charge on any atom is -0.341 e. The molecule has 0 spiro atoms. The Balaban J connectivity index is 2.53. The van der Waals surface area contributed by atoms with Crippen LogP contribution in [0.15, 0.2) is 22.7 Å². The molecule has 6 heteroatoms. The van der Waals surface area contributed by atoms with E-state index in [-0.39, 0.29) is 17.8 Å². The molecule has 0 N–H and O–H groups in total. The highest BCUT2D eigenvalue weighted by molar-refractivity contribution is 9.10. The van der Waals surface area contributed by atoms with Gasteiger partial charge in [0.15, 0.2) is 0 Å². The summed E-state index contributed by atoms with van der Waals surface area (Å²) in [4.78, 5) is 19.0. The molecule has 0 radical (unpaired) electrons. The molecule has 114 valence electrons. The molecule has 0 aliphatic rings. The summed E-state index contributed by atoms with van der Waals surface area (Å²) in [7, 11) is 0. The van der Waals surface area contributed by atoms with Crippen molar-refractivity contribution in [1.82, 2.24) is 14.5 Å². The topological polar surface area (TPSA) is 38.1 Å². The van der Waals surface area contributed by atoms with Crippen LogP contribution in [0.1, 0.15) is 32.6 Å². The molecule has 2 rings (SSSR count). The maximum absolute atomic E-state index is 12.6. The molecule has 0 bridgehead atoms. The summed E-state index contributed by atoms with van der Waals surface area (Å²) < 4.78 is 2.90. The molecule has 1 heterocycles. The minimum atomic E-state index is -0.321. The van der Waals surface area contributed by atoms with Crippen LogP contribution in [0.25, 0.3) is 11.0 Å². The van der Waals surface area contributed by atoms with Gasteiger partial charge in [0.05, 0.1) is 16.9 Å². The first-order valence-corrected chi connectivity index (χ1v) is 8.37. The van der Waals surface area contributed by atoms with E-state index in [0.717, 1.165) is 21.3 Å². The van der Waals surface area contributed by atoms with Crippen molar-refractivity contribution < 1.29 is 4.79 Å². The summed E-state index contributed by atoms with van der Waals surface area (Å²) in [6, 6.07) is 5.53. The standard InChI is InChI=1S/C15H19BrClN3O/c1-4-19(5-2)15(21)10(3)20-13-8-11(16)6-7-12(13)18-14(20)9-17/h6-8,10H,4-5,9H2,1-3H3. The lowest BCUT2D eigenvalue weighted by atomic mass is 10.2. The number of benzene rings is 1. The van der Waals surface area contributed by atoms with Gasteiger partial charge in [0.2, 0.25) is 5.91 Å². The maximum Gasteiger partial charge on any atom is 0.245 e. The van der Waals surface area contributed by atoms with Crippen LogP contribution in [0.2, 0.25) is 0 Å². The average Bonchev–Trinajstić information content (AvgIpc) is 2.85. The lowest BCUT2D eigenvalue weighted by molar-refractivity contribution is -0.133. The Morgan fingerprint density at radius 3 is 2.67 bits per heavy atom. The fourth-order valence-corrected chi connectivity index (χ4v) is 3.09. The summed E-state index contributed by atoms with van der Waals surface area (Å²) >= 11 is 9.49. The van der Waals surface area contributed by atoms with Gasteiger partial charge in [0.1, 0.15) is 11.9 Å². The molecule has 2 aromatic rings. The van der Waals surface area contributed by atoms with E-state index in [1.54, 1.807) is 0 Å². The van der Waals surface area contributed by atoms with Gasteiger partial charge in [-0.2, -0.15) is 0 Å². The molecule has 1 unspecified atom stereocenters. The van der Waals surface area contributed by atoms with E-state index in [0.29, 0.717) is 13.1 Å². The summed E-state index contributed by atoms with van der Waals surface area (Å²) in [6.07, 6.45) is 0. The predicted molar refractivity (Wildman–Crippen MR) is 89.6 cm³/mol. The van der Waals surface area contributed by atoms with Crippen LogP contribution in [0.3, 0.4) is 0 Å². The third-order valence-corrected chi connectivity index (χ3v) is 4.40. The van der Waals surface area contributed by atoms with E-state index in [9.17, 15) is 4.79 Å². The number of carbonyl (C=O) groups excluding carboxylic acids is 1. The van der Waals surface area contributed by atoms with Crippen molar-refractivity contribution in [2.45, 2.75) is 32.7 Å². The largest absolute Gasteiger partial charge is 0.341 e. The second kappa shape index (κ2) is 6.79. The first-order valence-electron chi connectivity index (χ1n) is 7.04. The van der Waals surface area contributed by atoms with E-state index < -0.39 is 0 Å². The molecular weight excluding hydrogens is 354 g/mol. The number of rotatable bonds is 5. The van der Waals surface area contributed by atoms with Crippen LogP contribution >= 0.6 is 27.5 Å². The van der Waals surface area contributed by atoms with Crippen molar-refractivity contribution in [3.05, 3.63) is 28.5 Å². The Bertz CT molecular complexity index is 652. The van der Waals surface area contributed by atoms with Gasteiger partial charge >= 0.3 is 0 Å². The molecule has 0 saturated carbocycles. The number of hydrogen-bond acceptors (Lipinski definition) is 2. The van der Waals surface area contributed by atoms with Crippen LogP contribution in [0.5, 0.6) is 0 Å². The minimum absolute atomic E-state index is 0.0886. The maximum atomic E-state index is 12.6. The number of aromatic nitrogens is 2. The summed E-state index contributed by atoms with van der Waals surface area (Å²) in [5.41, 5.74) is 1.78. The Morgan fingerprint density at radius 2 is 2.10 bits per heavy atom. The molecule has 1 amide bonds. The summed E-state index contributed by atoms with van der Waals surface area (Å²) in [6.45, 7) is 7.27. The number of carbonyl (C=O) groups is 1. The number of nitrogens with zero attached hydrogens (tertiary/aromatic N) is 3. The third-order valence-electron chi connectivity index (χ3n) is 3.66. The van der Waals surface area contributed by atoms with E-state index >= 15 is 0 Å². The van der Waals surface area contributed by atoms with Crippen molar-refractivity contribution in [2.24, 2.45) is 0 Å². The number of likely N-dealkylation sites (N-methyl/N-ethyl adjacent to an activating group) is 1. The number of halogens is 2. The Kier molecular flexibility index (Phi) is 5.27. The normalized spacial score (nSPS) is 12.6. The first-order chi connectivity index (χ1) is 10.0. The van der Waals surface area contributed by atoms with Gasteiger partial charge < -0.3 is 9.47 Å². The van der Waals surface area contributed by atoms with Crippen LogP contribution in [-0.2, 0) is 10.7 Å². The van der Waals surface area contributed by atoms with E-state index in [1.165, 1.54) is 0 Å². The average molecular weight is 373 g/mol. The van der Waals surface area contributed by atoms with Gasteiger partial charge in [-0.1, -0.05) is 15.9 Å². The summed E-state index contributed by atoms with van der Waals surface area (Å²) in [5, 5.41) is 0. The lowest BCUT2D eigenvalue weighted by Gasteiger charge is -2.25. The highest BCUT2D eigenvalue weighted by atomic mass is 79.9. The Hall–Kier alpha value is -1.07. The number of imidazole rings is 1. The lowest BCUT2D eigenvalue weighted by Crippen LogP contribution is -2.36. The van der Waals surface area contributed by atoms with Gasteiger partial charge in [-0.15, -0.1) is 11.6 Å². The highest BCUT2D eigenvalue weighted by Crippen LogP contribution is 2.26. The zero-order valence-electron chi connectivity index (χ0n) is 12.4. The molecular formula is C15H19BrClN3O. The molecule has 0 saturated heterocycles. The smallest absolute Gasteiger partial charge is 0.245 e. The van der Waals surface area contributed by atoms with Gasteiger partial charge in [0, 0.05) is 17.6 Å². The molecule has 0 aliphatic carbocycles. The molecule has 21 heavy (non-hydrogen) atoms. The predicted octanol–water partition coefficient (Wildman–Crippen LogP) is 3.97. The van der Waals surface area contributed by atoms with E-state index in [4.69, 9.17) is 11.6 Å². The number of fused-ring (bicyclic) bond motifs is 1. The zero-order chi connectivity index (χ0) is 15.6. The zero-order valence-corrected chi connectivity index (χ0v) is 14.8. The number of amides is 1. The van der Waals surface area contributed by atoms with E-state index in [2.05, 4.69) is 20.9 Å². The summed E-state index contributed by atoms with van der Waals surface area (Å²) in [5.74, 6) is 1.09. The van der Waals surface area contributed by atoms with Gasteiger partial charge in [-0.3, -0.25) is 4.79 Å². The van der Waals surface area contributed by atoms with E-state index in [1.807, 2.05) is 48.4 Å². The fraction of sp³-hybridized carbons (Fsp3) is 0.467.